The topological polar surface area (TPSA) is 24.5 Å². The SMILES string of the molecule is CN1CCCC(Oc2ccccc2CC2CCCNC2)C1. The van der Waals surface area contributed by atoms with Crippen molar-refractivity contribution >= 4 is 0 Å². The van der Waals surface area contributed by atoms with Gasteiger partial charge in [0.1, 0.15) is 11.9 Å². The molecule has 3 heteroatoms. The van der Waals surface area contributed by atoms with Gasteiger partial charge in [0.2, 0.25) is 0 Å². The van der Waals surface area contributed by atoms with E-state index in [1.807, 2.05) is 0 Å². The lowest BCUT2D eigenvalue weighted by Crippen LogP contribution is -2.38. The van der Waals surface area contributed by atoms with E-state index in [1.165, 1.54) is 44.3 Å². The van der Waals surface area contributed by atoms with E-state index >= 15 is 0 Å². The molecule has 2 aliphatic heterocycles. The summed E-state index contributed by atoms with van der Waals surface area (Å²) >= 11 is 0. The van der Waals surface area contributed by atoms with Crippen LogP contribution in [0.25, 0.3) is 0 Å². The van der Waals surface area contributed by atoms with Crippen molar-refractivity contribution in [2.24, 2.45) is 5.92 Å². The maximum atomic E-state index is 6.34. The Bertz CT molecular complexity index is 443. The van der Waals surface area contributed by atoms with Crippen LogP contribution >= 0.6 is 0 Å². The van der Waals surface area contributed by atoms with Crippen LogP contribution in [0.5, 0.6) is 5.75 Å². The molecule has 0 bridgehead atoms. The van der Waals surface area contributed by atoms with Gasteiger partial charge in [-0.25, -0.2) is 0 Å². The second kappa shape index (κ2) is 7.28. The number of likely N-dealkylation sites (N-methyl/N-ethyl adjacent to an activating group) is 1. The second-order valence-corrected chi connectivity index (χ2v) is 6.67. The molecule has 2 aliphatic rings. The molecule has 3 nitrogen and oxygen atoms in total. The first-order chi connectivity index (χ1) is 10.3. The highest BCUT2D eigenvalue weighted by Crippen LogP contribution is 2.26. The minimum atomic E-state index is 0.356. The van der Waals surface area contributed by atoms with Crippen molar-refractivity contribution in [3.63, 3.8) is 0 Å². The van der Waals surface area contributed by atoms with Crippen molar-refractivity contribution in [2.45, 2.75) is 38.2 Å². The van der Waals surface area contributed by atoms with E-state index < -0.39 is 0 Å². The molecule has 2 fully saturated rings. The van der Waals surface area contributed by atoms with Gasteiger partial charge in [0.15, 0.2) is 0 Å². The predicted molar refractivity (Wildman–Crippen MR) is 86.9 cm³/mol. The summed E-state index contributed by atoms with van der Waals surface area (Å²) < 4.78 is 6.34. The fraction of sp³-hybridized carbons (Fsp3) is 0.667. The van der Waals surface area contributed by atoms with E-state index in [-0.39, 0.29) is 0 Å². The van der Waals surface area contributed by atoms with Gasteiger partial charge >= 0.3 is 0 Å². The number of ether oxygens (including phenoxy) is 1. The summed E-state index contributed by atoms with van der Waals surface area (Å²) in [6.45, 7) is 4.60. The van der Waals surface area contributed by atoms with E-state index in [1.54, 1.807) is 0 Å². The van der Waals surface area contributed by atoms with E-state index in [2.05, 4.69) is 41.5 Å². The molecular weight excluding hydrogens is 260 g/mol. The number of benzene rings is 1. The molecule has 0 amide bonds. The van der Waals surface area contributed by atoms with Crippen molar-refractivity contribution in [3.8, 4) is 5.75 Å². The van der Waals surface area contributed by atoms with Crippen LogP contribution in [0, 0.1) is 5.92 Å². The lowest BCUT2D eigenvalue weighted by Gasteiger charge is -2.31. The molecule has 0 aromatic heterocycles. The van der Waals surface area contributed by atoms with Gasteiger partial charge in [-0.15, -0.1) is 0 Å². The molecule has 21 heavy (non-hydrogen) atoms. The lowest BCUT2D eigenvalue weighted by molar-refractivity contribution is 0.103. The van der Waals surface area contributed by atoms with Gasteiger partial charge in [0.05, 0.1) is 0 Å². The van der Waals surface area contributed by atoms with Gasteiger partial charge in [-0.3, -0.25) is 0 Å². The summed E-state index contributed by atoms with van der Waals surface area (Å²) in [5, 5.41) is 3.51. The van der Waals surface area contributed by atoms with Gasteiger partial charge in [-0.05, 0) is 76.3 Å². The number of likely N-dealkylation sites (tertiary alicyclic amines) is 1. The van der Waals surface area contributed by atoms with Crippen LogP contribution in [0.1, 0.15) is 31.2 Å². The summed E-state index contributed by atoms with van der Waals surface area (Å²) in [6.07, 6.45) is 6.58. The first kappa shape index (κ1) is 14.9. The maximum absolute atomic E-state index is 6.34. The minimum Gasteiger partial charge on any atom is -0.489 e. The van der Waals surface area contributed by atoms with Gasteiger partial charge in [0, 0.05) is 6.54 Å². The van der Waals surface area contributed by atoms with Gasteiger partial charge in [-0.2, -0.15) is 0 Å². The second-order valence-electron chi connectivity index (χ2n) is 6.67. The first-order valence-electron chi connectivity index (χ1n) is 8.45. The Kier molecular flexibility index (Phi) is 5.15. The quantitative estimate of drug-likeness (QED) is 0.922. The third-order valence-corrected chi connectivity index (χ3v) is 4.76. The summed E-state index contributed by atoms with van der Waals surface area (Å²) in [5.41, 5.74) is 1.39. The summed E-state index contributed by atoms with van der Waals surface area (Å²) in [4.78, 5) is 2.38. The van der Waals surface area contributed by atoms with E-state index in [0.29, 0.717) is 6.10 Å². The zero-order valence-corrected chi connectivity index (χ0v) is 13.2. The monoisotopic (exact) mass is 288 g/mol. The molecule has 0 radical (unpaired) electrons. The van der Waals surface area contributed by atoms with Crippen LogP contribution in [-0.4, -0.2) is 44.2 Å². The largest absolute Gasteiger partial charge is 0.489 e. The Morgan fingerprint density at radius 1 is 1.24 bits per heavy atom. The first-order valence-corrected chi connectivity index (χ1v) is 8.45. The predicted octanol–water partition coefficient (Wildman–Crippen LogP) is 2.70. The smallest absolute Gasteiger partial charge is 0.122 e. The molecule has 2 unspecified atom stereocenters. The molecule has 0 saturated carbocycles. The fourth-order valence-corrected chi connectivity index (χ4v) is 3.59. The van der Waals surface area contributed by atoms with Crippen molar-refractivity contribution in [2.75, 3.05) is 33.2 Å². The average Bonchev–Trinajstić information content (AvgIpc) is 2.50. The molecule has 116 valence electrons. The standard InChI is InChI=1S/C18H28N2O/c1-20-11-5-8-17(14-20)21-18-9-3-2-7-16(18)12-15-6-4-10-19-13-15/h2-3,7,9,15,17,19H,4-6,8,10-14H2,1H3. The Morgan fingerprint density at radius 3 is 2.95 bits per heavy atom. The Balaban J connectivity index is 1.64. The molecule has 1 N–H and O–H groups in total. The lowest BCUT2D eigenvalue weighted by atomic mass is 9.92. The van der Waals surface area contributed by atoms with Gasteiger partial charge < -0.3 is 15.0 Å². The molecule has 2 heterocycles. The Hall–Kier alpha value is -1.06. The molecule has 0 aliphatic carbocycles. The number of hydrogen-bond donors (Lipinski definition) is 1. The molecule has 2 atom stereocenters. The number of para-hydroxylation sites is 1. The number of rotatable bonds is 4. The third kappa shape index (κ3) is 4.21. The number of nitrogens with zero attached hydrogens (tertiary/aromatic N) is 1. The molecule has 3 rings (SSSR count). The van der Waals surface area contributed by atoms with Crippen molar-refractivity contribution < 1.29 is 4.74 Å². The van der Waals surface area contributed by atoms with Crippen LogP contribution in [0.3, 0.4) is 0 Å². The van der Waals surface area contributed by atoms with Crippen LogP contribution in [0.2, 0.25) is 0 Å². The molecular formula is C18H28N2O. The zero-order chi connectivity index (χ0) is 14.5. The highest BCUT2D eigenvalue weighted by molar-refractivity contribution is 5.34. The number of piperidine rings is 2. The molecule has 2 saturated heterocycles. The third-order valence-electron chi connectivity index (χ3n) is 4.76. The Morgan fingerprint density at radius 2 is 2.14 bits per heavy atom. The summed E-state index contributed by atoms with van der Waals surface area (Å²) in [5.74, 6) is 1.88. The van der Waals surface area contributed by atoms with Gasteiger partial charge in [-0.1, -0.05) is 18.2 Å². The maximum Gasteiger partial charge on any atom is 0.122 e. The minimum absolute atomic E-state index is 0.356. The van der Waals surface area contributed by atoms with Crippen molar-refractivity contribution in [3.05, 3.63) is 29.8 Å². The van der Waals surface area contributed by atoms with Crippen LogP contribution in [0.4, 0.5) is 0 Å². The van der Waals surface area contributed by atoms with E-state index in [0.717, 1.165) is 31.2 Å². The Labute approximate surface area is 128 Å². The zero-order valence-electron chi connectivity index (χ0n) is 13.2. The van der Waals surface area contributed by atoms with Crippen LogP contribution < -0.4 is 10.1 Å². The number of hydrogen-bond acceptors (Lipinski definition) is 3. The summed E-state index contributed by atoms with van der Waals surface area (Å²) in [7, 11) is 2.19. The highest BCUT2D eigenvalue weighted by atomic mass is 16.5. The van der Waals surface area contributed by atoms with Crippen LogP contribution in [-0.2, 0) is 6.42 Å². The normalized spacial score (nSPS) is 27.5. The molecule has 1 aromatic carbocycles. The average molecular weight is 288 g/mol. The highest BCUT2D eigenvalue weighted by Gasteiger charge is 2.21. The van der Waals surface area contributed by atoms with Crippen molar-refractivity contribution in [1.29, 1.82) is 0 Å². The van der Waals surface area contributed by atoms with E-state index in [4.69, 9.17) is 4.74 Å². The van der Waals surface area contributed by atoms with Gasteiger partial charge in [0.25, 0.3) is 0 Å². The fourth-order valence-electron chi connectivity index (χ4n) is 3.59. The van der Waals surface area contributed by atoms with E-state index in [9.17, 15) is 0 Å². The summed E-state index contributed by atoms with van der Waals surface area (Å²) in [6, 6.07) is 8.65. The van der Waals surface area contributed by atoms with Crippen molar-refractivity contribution in [1.82, 2.24) is 10.2 Å². The number of nitrogens with one attached hydrogen (secondary N) is 1. The molecule has 1 aromatic rings. The molecule has 0 spiro atoms. The van der Waals surface area contributed by atoms with Crippen LogP contribution in [0.15, 0.2) is 24.3 Å².